The number of carbonyl (C=O) groups is 1. The van der Waals surface area contributed by atoms with Gasteiger partial charge in [0.25, 0.3) is 5.91 Å². The van der Waals surface area contributed by atoms with Crippen molar-refractivity contribution in [2.24, 2.45) is 0 Å². The standard InChI is InChI=1S/C21H20F3N3O4/c22-21(23,24)19(15(9-25)20(31)26-10-17(29)18(30)11-28)13-5-4-12-2-1-3-16(14(12)8-13)27-6-7-27/h1-5,8,17-18,28-30H,6-7,10-11H2,(H,26,31)/b19-15-. The Hall–Kier alpha value is -3.13. The third-order valence-electron chi connectivity index (χ3n) is 4.91. The summed E-state index contributed by atoms with van der Waals surface area (Å²) in [5, 5.41) is 40.3. The van der Waals surface area contributed by atoms with Gasteiger partial charge in [-0.1, -0.05) is 24.3 Å². The number of anilines is 1. The number of nitrogens with one attached hydrogen (secondary N) is 1. The maximum absolute atomic E-state index is 13.9. The fourth-order valence-corrected chi connectivity index (χ4v) is 3.19. The largest absolute Gasteiger partial charge is 0.418 e. The molecule has 1 aliphatic heterocycles. The van der Waals surface area contributed by atoms with Gasteiger partial charge >= 0.3 is 6.18 Å². The summed E-state index contributed by atoms with van der Waals surface area (Å²) in [4.78, 5) is 14.3. The zero-order chi connectivity index (χ0) is 22.8. The number of fused-ring (bicyclic) bond motifs is 1. The van der Waals surface area contributed by atoms with Gasteiger partial charge in [-0.3, -0.25) is 4.79 Å². The first-order valence-corrected chi connectivity index (χ1v) is 9.42. The average Bonchev–Trinajstić information content (AvgIpc) is 3.58. The van der Waals surface area contributed by atoms with Gasteiger partial charge in [-0.05, 0) is 23.1 Å². The van der Waals surface area contributed by atoms with Crippen LogP contribution in [-0.2, 0) is 4.79 Å². The first-order chi connectivity index (χ1) is 14.7. The molecule has 1 saturated heterocycles. The number of alkyl halides is 3. The number of nitriles is 1. The molecule has 10 heteroatoms. The second-order valence-electron chi connectivity index (χ2n) is 7.09. The van der Waals surface area contributed by atoms with Crippen LogP contribution in [-0.4, -0.2) is 65.9 Å². The van der Waals surface area contributed by atoms with E-state index in [1.807, 2.05) is 10.2 Å². The van der Waals surface area contributed by atoms with Crippen molar-refractivity contribution in [3.05, 3.63) is 47.5 Å². The van der Waals surface area contributed by atoms with E-state index in [-0.39, 0.29) is 5.56 Å². The molecule has 2 aromatic carbocycles. The van der Waals surface area contributed by atoms with Gasteiger partial charge in [0.2, 0.25) is 0 Å². The Morgan fingerprint density at radius 2 is 1.90 bits per heavy atom. The number of halogens is 3. The predicted molar refractivity (Wildman–Crippen MR) is 107 cm³/mol. The minimum atomic E-state index is -5.01. The summed E-state index contributed by atoms with van der Waals surface area (Å²) in [5.41, 5.74) is -2.13. The average molecular weight is 435 g/mol. The van der Waals surface area contributed by atoms with E-state index >= 15 is 0 Å². The van der Waals surface area contributed by atoms with Crippen molar-refractivity contribution in [3.8, 4) is 6.07 Å². The Kier molecular flexibility index (Phi) is 6.50. The number of amides is 1. The summed E-state index contributed by atoms with van der Waals surface area (Å²) in [6.45, 7) is 0.133. The molecule has 0 bridgehead atoms. The van der Waals surface area contributed by atoms with Gasteiger partial charge in [-0.25, -0.2) is 0 Å². The summed E-state index contributed by atoms with van der Waals surface area (Å²) in [6, 6.07) is 10.7. The molecule has 31 heavy (non-hydrogen) atoms. The molecule has 1 heterocycles. The summed E-state index contributed by atoms with van der Waals surface area (Å²) in [6.07, 6.45) is -8.21. The number of benzene rings is 2. The van der Waals surface area contributed by atoms with Gasteiger partial charge in [0.15, 0.2) is 0 Å². The second-order valence-corrected chi connectivity index (χ2v) is 7.09. The SMILES string of the molecule is N#C/C(C(=O)NCC(O)C(O)CO)=C(\c1ccc2cccc(N3CC3)c2c1)C(F)(F)F. The lowest BCUT2D eigenvalue weighted by molar-refractivity contribution is -0.118. The number of hydrogen-bond donors (Lipinski definition) is 4. The molecule has 0 aromatic heterocycles. The van der Waals surface area contributed by atoms with Gasteiger partial charge in [-0.15, -0.1) is 0 Å². The number of carbonyl (C=O) groups excluding carboxylic acids is 1. The second kappa shape index (κ2) is 8.93. The minimum absolute atomic E-state index is 0.336. The van der Waals surface area contributed by atoms with Crippen LogP contribution in [0.3, 0.4) is 0 Å². The zero-order valence-electron chi connectivity index (χ0n) is 16.2. The first kappa shape index (κ1) is 22.6. The minimum Gasteiger partial charge on any atom is -0.394 e. The Labute approximate surface area is 175 Å². The summed E-state index contributed by atoms with van der Waals surface area (Å²) >= 11 is 0. The molecule has 0 spiro atoms. The fourth-order valence-electron chi connectivity index (χ4n) is 3.19. The van der Waals surface area contributed by atoms with Crippen LogP contribution in [0.4, 0.5) is 18.9 Å². The van der Waals surface area contributed by atoms with Crippen molar-refractivity contribution >= 4 is 27.9 Å². The highest BCUT2D eigenvalue weighted by Gasteiger charge is 2.40. The highest BCUT2D eigenvalue weighted by atomic mass is 19.4. The Morgan fingerprint density at radius 3 is 2.48 bits per heavy atom. The third kappa shape index (κ3) is 4.96. The molecule has 164 valence electrons. The quantitative estimate of drug-likeness (QED) is 0.296. The molecule has 1 amide bonds. The van der Waals surface area contributed by atoms with Crippen LogP contribution in [0.2, 0.25) is 0 Å². The Balaban J connectivity index is 2.04. The molecule has 0 radical (unpaired) electrons. The van der Waals surface area contributed by atoms with Crippen LogP contribution in [0.25, 0.3) is 16.3 Å². The molecule has 3 rings (SSSR count). The van der Waals surface area contributed by atoms with Gasteiger partial charge in [0, 0.05) is 30.7 Å². The molecule has 1 fully saturated rings. The van der Waals surface area contributed by atoms with Gasteiger partial charge in [-0.2, -0.15) is 18.4 Å². The number of aliphatic hydroxyl groups excluding tert-OH is 3. The predicted octanol–water partition coefficient (Wildman–Crippen LogP) is 1.33. The number of hydrogen-bond acceptors (Lipinski definition) is 6. The van der Waals surface area contributed by atoms with Crippen molar-refractivity contribution in [3.63, 3.8) is 0 Å². The topological polar surface area (TPSA) is 117 Å². The first-order valence-electron chi connectivity index (χ1n) is 9.42. The molecule has 2 unspecified atom stereocenters. The molecular formula is C21H20F3N3O4. The van der Waals surface area contributed by atoms with Crippen molar-refractivity contribution in [1.29, 1.82) is 5.26 Å². The maximum atomic E-state index is 13.9. The van der Waals surface area contributed by atoms with Crippen molar-refractivity contribution in [2.45, 2.75) is 18.4 Å². The summed E-state index contributed by atoms with van der Waals surface area (Å²) in [5.74, 6) is -1.35. The number of aliphatic hydroxyl groups is 3. The molecule has 0 aliphatic carbocycles. The monoisotopic (exact) mass is 435 g/mol. The lowest BCUT2D eigenvalue weighted by Crippen LogP contribution is -2.41. The summed E-state index contributed by atoms with van der Waals surface area (Å²) < 4.78 is 41.8. The fraction of sp³-hybridized carbons (Fsp3) is 0.333. The third-order valence-corrected chi connectivity index (χ3v) is 4.91. The maximum Gasteiger partial charge on any atom is 0.418 e. The van der Waals surface area contributed by atoms with Gasteiger partial charge in [0.05, 0.1) is 18.3 Å². The van der Waals surface area contributed by atoms with Crippen molar-refractivity contribution < 1.29 is 33.3 Å². The zero-order valence-corrected chi connectivity index (χ0v) is 16.2. The highest BCUT2D eigenvalue weighted by Crippen LogP contribution is 2.39. The van der Waals surface area contributed by atoms with Crippen LogP contribution in [0.1, 0.15) is 5.56 Å². The molecule has 1 aliphatic rings. The van der Waals surface area contributed by atoms with E-state index in [0.717, 1.165) is 24.2 Å². The molecule has 2 aromatic rings. The normalized spacial score (nSPS) is 16.4. The highest BCUT2D eigenvalue weighted by molar-refractivity contribution is 6.07. The molecule has 0 saturated carbocycles. The van der Waals surface area contributed by atoms with Crippen molar-refractivity contribution in [2.75, 3.05) is 31.1 Å². The summed E-state index contributed by atoms with van der Waals surface area (Å²) in [7, 11) is 0. The lowest BCUT2D eigenvalue weighted by Gasteiger charge is -2.18. The van der Waals surface area contributed by atoms with Gasteiger partial charge in [0.1, 0.15) is 17.7 Å². The van der Waals surface area contributed by atoms with Crippen LogP contribution in [0.5, 0.6) is 0 Å². The van der Waals surface area contributed by atoms with E-state index in [1.165, 1.54) is 24.3 Å². The van der Waals surface area contributed by atoms with E-state index in [4.69, 9.17) is 5.11 Å². The van der Waals surface area contributed by atoms with Crippen molar-refractivity contribution in [1.82, 2.24) is 5.32 Å². The van der Waals surface area contributed by atoms with E-state index in [0.29, 0.717) is 5.39 Å². The van der Waals surface area contributed by atoms with E-state index < -0.39 is 48.6 Å². The van der Waals surface area contributed by atoms with E-state index in [1.54, 1.807) is 18.2 Å². The number of allylic oxidation sites excluding steroid dienone is 1. The van der Waals surface area contributed by atoms with E-state index in [2.05, 4.69) is 0 Å². The Morgan fingerprint density at radius 1 is 1.19 bits per heavy atom. The van der Waals surface area contributed by atoms with Gasteiger partial charge < -0.3 is 25.5 Å². The van der Waals surface area contributed by atoms with Crippen LogP contribution < -0.4 is 10.2 Å². The van der Waals surface area contributed by atoms with E-state index in [9.17, 15) is 33.4 Å². The Bertz CT molecular complexity index is 1060. The molecule has 4 N–H and O–H groups in total. The smallest absolute Gasteiger partial charge is 0.394 e. The molecule has 7 nitrogen and oxygen atoms in total. The van der Waals surface area contributed by atoms with Crippen LogP contribution in [0.15, 0.2) is 42.0 Å². The lowest BCUT2D eigenvalue weighted by atomic mass is 9.96. The number of nitrogens with zero attached hydrogens (tertiary/aromatic N) is 2. The number of rotatable bonds is 7. The van der Waals surface area contributed by atoms with Crippen LogP contribution >= 0.6 is 0 Å². The molecular weight excluding hydrogens is 415 g/mol. The molecule has 2 atom stereocenters. The van der Waals surface area contributed by atoms with Crippen LogP contribution in [0, 0.1) is 11.3 Å².